The number of hydrogen-bond donors (Lipinski definition) is 1. The van der Waals surface area contributed by atoms with E-state index >= 15 is 0 Å². The second-order valence-corrected chi connectivity index (χ2v) is 4.11. The van der Waals surface area contributed by atoms with Gasteiger partial charge < -0.3 is 9.84 Å². The molecule has 0 aliphatic heterocycles. The standard InChI is InChI=1S/C13H14N2O3/c1-9(2)15-11(12(16)17)8-14-13(15)18-10-6-4-3-5-7-10/h3-9H,1-2H3,(H,16,17). The first-order valence-electron chi connectivity index (χ1n) is 5.63. The molecule has 0 amide bonds. The van der Waals surface area contributed by atoms with Crippen molar-refractivity contribution in [3.63, 3.8) is 0 Å². The summed E-state index contributed by atoms with van der Waals surface area (Å²) >= 11 is 0. The predicted octanol–water partition coefficient (Wildman–Crippen LogP) is 2.95. The highest BCUT2D eigenvalue weighted by molar-refractivity contribution is 5.85. The number of carbonyl (C=O) groups is 1. The van der Waals surface area contributed by atoms with Crippen molar-refractivity contribution in [1.29, 1.82) is 0 Å². The highest BCUT2D eigenvalue weighted by Crippen LogP contribution is 2.24. The van der Waals surface area contributed by atoms with E-state index in [0.717, 1.165) is 0 Å². The Morgan fingerprint density at radius 3 is 2.56 bits per heavy atom. The van der Waals surface area contributed by atoms with Crippen LogP contribution in [0.15, 0.2) is 36.5 Å². The van der Waals surface area contributed by atoms with Crippen LogP contribution >= 0.6 is 0 Å². The van der Waals surface area contributed by atoms with Crippen LogP contribution < -0.4 is 4.74 Å². The van der Waals surface area contributed by atoms with Gasteiger partial charge >= 0.3 is 12.0 Å². The lowest BCUT2D eigenvalue weighted by molar-refractivity contribution is 0.0682. The van der Waals surface area contributed by atoms with Crippen LogP contribution in [-0.2, 0) is 0 Å². The normalized spacial score (nSPS) is 10.6. The Balaban J connectivity index is 2.37. The van der Waals surface area contributed by atoms with Crippen molar-refractivity contribution < 1.29 is 14.6 Å². The van der Waals surface area contributed by atoms with E-state index in [1.807, 2.05) is 32.0 Å². The summed E-state index contributed by atoms with van der Waals surface area (Å²) < 4.78 is 7.14. The Labute approximate surface area is 105 Å². The number of imidazole rings is 1. The molecule has 0 radical (unpaired) electrons. The van der Waals surface area contributed by atoms with Crippen LogP contribution in [0.25, 0.3) is 0 Å². The summed E-state index contributed by atoms with van der Waals surface area (Å²) in [5.41, 5.74) is 0.121. The minimum Gasteiger partial charge on any atom is -0.477 e. The molecule has 0 saturated carbocycles. The molecule has 1 N–H and O–H groups in total. The highest BCUT2D eigenvalue weighted by Gasteiger charge is 2.19. The summed E-state index contributed by atoms with van der Waals surface area (Å²) in [6.45, 7) is 3.76. The predicted molar refractivity (Wildman–Crippen MR) is 66.1 cm³/mol. The molecule has 18 heavy (non-hydrogen) atoms. The lowest BCUT2D eigenvalue weighted by atomic mass is 10.3. The fraction of sp³-hybridized carbons (Fsp3) is 0.231. The Bertz CT molecular complexity index is 547. The number of benzene rings is 1. The minimum absolute atomic E-state index is 0.0442. The van der Waals surface area contributed by atoms with Crippen LogP contribution in [0.3, 0.4) is 0 Å². The Kier molecular flexibility index (Phi) is 3.32. The van der Waals surface area contributed by atoms with Gasteiger partial charge in [-0.05, 0) is 26.0 Å². The summed E-state index contributed by atoms with van der Waals surface area (Å²) in [4.78, 5) is 15.1. The number of para-hydroxylation sites is 1. The van der Waals surface area contributed by atoms with Gasteiger partial charge in [-0.15, -0.1) is 0 Å². The van der Waals surface area contributed by atoms with Crippen molar-refractivity contribution >= 4 is 5.97 Å². The maximum Gasteiger partial charge on any atom is 0.354 e. The molecule has 2 rings (SSSR count). The maximum absolute atomic E-state index is 11.1. The van der Waals surface area contributed by atoms with Crippen molar-refractivity contribution in [2.24, 2.45) is 0 Å². The van der Waals surface area contributed by atoms with Crippen molar-refractivity contribution in [2.45, 2.75) is 19.9 Å². The second kappa shape index (κ2) is 4.91. The molecule has 0 saturated heterocycles. The van der Waals surface area contributed by atoms with Gasteiger partial charge in [-0.25, -0.2) is 9.78 Å². The Morgan fingerprint density at radius 1 is 1.33 bits per heavy atom. The fourth-order valence-electron chi connectivity index (χ4n) is 1.67. The molecule has 0 unspecified atom stereocenters. The summed E-state index contributed by atoms with van der Waals surface area (Å²) in [5.74, 6) is -0.388. The van der Waals surface area contributed by atoms with Gasteiger partial charge in [0.15, 0.2) is 0 Å². The van der Waals surface area contributed by atoms with Crippen LogP contribution in [0.2, 0.25) is 0 Å². The monoisotopic (exact) mass is 246 g/mol. The number of rotatable bonds is 4. The number of ether oxygens (including phenoxy) is 1. The third-order valence-corrected chi connectivity index (χ3v) is 2.45. The molecule has 1 heterocycles. The minimum atomic E-state index is -1.01. The molecule has 0 fully saturated rings. The lowest BCUT2D eigenvalue weighted by Crippen LogP contribution is -2.11. The molecule has 5 nitrogen and oxygen atoms in total. The average Bonchev–Trinajstić information content (AvgIpc) is 2.74. The summed E-state index contributed by atoms with van der Waals surface area (Å²) in [6, 6.07) is 9.39. The van der Waals surface area contributed by atoms with Crippen LogP contribution in [0, 0.1) is 0 Å². The lowest BCUT2D eigenvalue weighted by Gasteiger charge is -2.13. The molecular formula is C13H14N2O3. The van der Waals surface area contributed by atoms with E-state index < -0.39 is 5.97 Å². The van der Waals surface area contributed by atoms with Gasteiger partial charge in [0, 0.05) is 6.04 Å². The zero-order chi connectivity index (χ0) is 13.1. The average molecular weight is 246 g/mol. The molecule has 0 aliphatic rings. The Morgan fingerprint density at radius 2 is 2.00 bits per heavy atom. The van der Waals surface area contributed by atoms with E-state index in [-0.39, 0.29) is 17.7 Å². The molecule has 0 bridgehead atoms. The fourth-order valence-corrected chi connectivity index (χ4v) is 1.67. The highest BCUT2D eigenvalue weighted by atomic mass is 16.5. The van der Waals surface area contributed by atoms with Crippen LogP contribution in [0.4, 0.5) is 0 Å². The molecule has 0 spiro atoms. The van der Waals surface area contributed by atoms with Crippen molar-refractivity contribution in [3.05, 3.63) is 42.2 Å². The number of aromatic nitrogens is 2. The summed E-state index contributed by atoms with van der Waals surface area (Å²) in [7, 11) is 0. The maximum atomic E-state index is 11.1. The number of aromatic carboxylic acids is 1. The van der Waals surface area contributed by atoms with Gasteiger partial charge in [0.2, 0.25) is 0 Å². The summed E-state index contributed by atoms with van der Waals surface area (Å²) in [6.07, 6.45) is 1.31. The van der Waals surface area contributed by atoms with E-state index in [1.54, 1.807) is 16.7 Å². The zero-order valence-electron chi connectivity index (χ0n) is 10.2. The topological polar surface area (TPSA) is 64.4 Å². The second-order valence-electron chi connectivity index (χ2n) is 4.11. The number of carboxylic acid groups (broad SMARTS) is 1. The van der Waals surface area contributed by atoms with E-state index in [1.165, 1.54) is 6.20 Å². The van der Waals surface area contributed by atoms with Gasteiger partial charge in [0.25, 0.3) is 0 Å². The molecule has 94 valence electrons. The van der Waals surface area contributed by atoms with Gasteiger partial charge in [-0.2, -0.15) is 0 Å². The number of hydrogen-bond acceptors (Lipinski definition) is 3. The van der Waals surface area contributed by atoms with E-state index in [0.29, 0.717) is 5.75 Å². The largest absolute Gasteiger partial charge is 0.477 e. The molecule has 2 aromatic rings. The number of nitrogens with zero attached hydrogens (tertiary/aromatic N) is 2. The first-order valence-corrected chi connectivity index (χ1v) is 5.63. The van der Waals surface area contributed by atoms with Gasteiger partial charge in [-0.3, -0.25) is 4.57 Å². The van der Waals surface area contributed by atoms with E-state index in [4.69, 9.17) is 9.84 Å². The smallest absolute Gasteiger partial charge is 0.354 e. The third-order valence-electron chi connectivity index (χ3n) is 2.45. The molecular weight excluding hydrogens is 232 g/mol. The van der Waals surface area contributed by atoms with Crippen molar-refractivity contribution in [3.8, 4) is 11.8 Å². The van der Waals surface area contributed by atoms with Crippen LogP contribution in [0.1, 0.15) is 30.4 Å². The van der Waals surface area contributed by atoms with Gasteiger partial charge in [-0.1, -0.05) is 18.2 Å². The van der Waals surface area contributed by atoms with Crippen LogP contribution in [0.5, 0.6) is 11.8 Å². The van der Waals surface area contributed by atoms with E-state index in [9.17, 15) is 4.79 Å². The summed E-state index contributed by atoms with van der Waals surface area (Å²) in [5, 5.41) is 9.08. The molecule has 0 atom stereocenters. The van der Waals surface area contributed by atoms with Gasteiger partial charge in [0.05, 0.1) is 6.20 Å². The molecule has 1 aromatic heterocycles. The van der Waals surface area contributed by atoms with Crippen molar-refractivity contribution in [2.75, 3.05) is 0 Å². The SMILES string of the molecule is CC(C)n1c(C(=O)O)cnc1Oc1ccccc1. The first-order chi connectivity index (χ1) is 8.59. The third kappa shape index (κ3) is 2.34. The van der Waals surface area contributed by atoms with Crippen LogP contribution in [-0.4, -0.2) is 20.6 Å². The molecule has 0 aliphatic carbocycles. The Hall–Kier alpha value is -2.30. The quantitative estimate of drug-likeness (QED) is 0.900. The zero-order valence-corrected chi connectivity index (χ0v) is 10.2. The first kappa shape index (κ1) is 12.2. The van der Waals surface area contributed by atoms with E-state index in [2.05, 4.69) is 4.98 Å². The molecule has 5 heteroatoms. The molecule has 1 aromatic carbocycles. The van der Waals surface area contributed by atoms with Gasteiger partial charge in [0.1, 0.15) is 11.4 Å². The van der Waals surface area contributed by atoms with Crippen molar-refractivity contribution in [1.82, 2.24) is 9.55 Å². The number of carboxylic acids is 1.